The molecule has 0 bridgehead atoms. The molecule has 2 amide bonds. The van der Waals surface area contributed by atoms with E-state index in [-0.39, 0.29) is 6.03 Å². The number of likely N-dealkylation sites (tertiary alicyclic amines) is 1. The Kier molecular flexibility index (Phi) is 3.81. The number of amides is 2. The molecule has 1 saturated carbocycles. The van der Waals surface area contributed by atoms with E-state index in [1.165, 1.54) is 18.5 Å². The summed E-state index contributed by atoms with van der Waals surface area (Å²) < 4.78 is 0. The summed E-state index contributed by atoms with van der Waals surface area (Å²) in [6.45, 7) is 1.65. The van der Waals surface area contributed by atoms with E-state index < -0.39 is 0 Å². The number of benzene rings is 1. The van der Waals surface area contributed by atoms with Crippen LogP contribution < -0.4 is 10.2 Å². The Balaban J connectivity index is 1.47. The summed E-state index contributed by atoms with van der Waals surface area (Å²) in [5, 5.41) is 3.15. The van der Waals surface area contributed by atoms with E-state index in [1.54, 1.807) is 0 Å². The summed E-state index contributed by atoms with van der Waals surface area (Å²) >= 11 is 0. The lowest BCUT2D eigenvalue weighted by molar-refractivity contribution is 0.147. The van der Waals surface area contributed by atoms with Crippen LogP contribution in [0.2, 0.25) is 0 Å². The quantitative estimate of drug-likeness (QED) is 0.918. The number of nitrogens with zero attached hydrogens (tertiary/aromatic N) is 2. The number of carbonyl (C=O) groups is 1. The van der Waals surface area contributed by atoms with E-state index in [9.17, 15) is 4.79 Å². The third-order valence-corrected chi connectivity index (χ3v) is 4.54. The average Bonchev–Trinajstić information content (AvgIpc) is 2.90. The molecule has 3 rings (SSSR count). The van der Waals surface area contributed by atoms with E-state index in [2.05, 4.69) is 41.5 Å². The first kappa shape index (κ1) is 13.3. The Morgan fingerprint density at radius 1 is 1.20 bits per heavy atom. The molecule has 0 aromatic heterocycles. The normalized spacial score (nSPS) is 19.8. The molecule has 1 N–H and O–H groups in total. The van der Waals surface area contributed by atoms with Crippen LogP contribution in [0.15, 0.2) is 30.3 Å². The molecule has 4 nitrogen and oxygen atoms in total. The number of hydrogen-bond donors (Lipinski definition) is 1. The summed E-state index contributed by atoms with van der Waals surface area (Å²) in [7, 11) is 2.10. The van der Waals surface area contributed by atoms with Crippen LogP contribution in [0.1, 0.15) is 25.7 Å². The first-order valence-electron chi connectivity index (χ1n) is 7.57. The molecular weight excluding hydrogens is 250 g/mol. The molecule has 2 aliphatic rings. The minimum Gasteiger partial charge on any atom is -0.368 e. The van der Waals surface area contributed by atoms with Crippen molar-refractivity contribution in [3.8, 4) is 0 Å². The largest absolute Gasteiger partial charge is 0.368 e. The molecule has 1 heterocycles. The maximum absolute atomic E-state index is 12.1. The van der Waals surface area contributed by atoms with Gasteiger partial charge in [0, 0.05) is 31.9 Å². The van der Waals surface area contributed by atoms with E-state index in [4.69, 9.17) is 0 Å². The molecule has 1 aliphatic carbocycles. The van der Waals surface area contributed by atoms with Crippen molar-refractivity contribution in [2.45, 2.75) is 37.8 Å². The smallest absolute Gasteiger partial charge is 0.317 e. The fraction of sp³-hybridized carbons (Fsp3) is 0.562. The predicted octanol–water partition coefficient (Wildman–Crippen LogP) is 2.46. The highest BCUT2D eigenvalue weighted by atomic mass is 16.2. The van der Waals surface area contributed by atoms with Gasteiger partial charge in [0.05, 0.1) is 6.04 Å². The van der Waals surface area contributed by atoms with Gasteiger partial charge in [-0.15, -0.1) is 0 Å². The van der Waals surface area contributed by atoms with Gasteiger partial charge in [0.15, 0.2) is 0 Å². The van der Waals surface area contributed by atoms with Gasteiger partial charge in [0.2, 0.25) is 0 Å². The topological polar surface area (TPSA) is 35.6 Å². The van der Waals surface area contributed by atoms with Crippen LogP contribution >= 0.6 is 0 Å². The van der Waals surface area contributed by atoms with Crippen molar-refractivity contribution in [3.05, 3.63) is 30.3 Å². The maximum Gasteiger partial charge on any atom is 0.317 e. The maximum atomic E-state index is 12.1. The number of likely N-dealkylation sites (N-methyl/N-ethyl adjacent to an activating group) is 1. The van der Waals surface area contributed by atoms with E-state index in [0.29, 0.717) is 12.1 Å². The van der Waals surface area contributed by atoms with Crippen molar-refractivity contribution in [2.24, 2.45) is 0 Å². The molecule has 1 saturated heterocycles. The first-order valence-corrected chi connectivity index (χ1v) is 7.57. The summed E-state index contributed by atoms with van der Waals surface area (Å²) in [5.41, 5.74) is 1.22. The predicted molar refractivity (Wildman–Crippen MR) is 81.0 cm³/mol. The zero-order chi connectivity index (χ0) is 13.9. The minimum atomic E-state index is 0.120. The Hall–Kier alpha value is -1.71. The molecule has 1 aliphatic heterocycles. The highest BCUT2D eigenvalue weighted by molar-refractivity contribution is 5.76. The summed E-state index contributed by atoms with van der Waals surface area (Å²) in [6, 6.07) is 11.3. The van der Waals surface area contributed by atoms with Gasteiger partial charge in [0.25, 0.3) is 0 Å². The first-order chi connectivity index (χ1) is 9.74. The highest BCUT2D eigenvalue weighted by Crippen LogP contribution is 2.22. The molecular formula is C16H23N3O. The number of rotatable bonds is 3. The van der Waals surface area contributed by atoms with Crippen LogP contribution in [-0.4, -0.2) is 43.2 Å². The van der Waals surface area contributed by atoms with E-state index >= 15 is 0 Å². The fourth-order valence-corrected chi connectivity index (χ4v) is 3.08. The fourth-order valence-electron chi connectivity index (χ4n) is 3.08. The summed E-state index contributed by atoms with van der Waals surface area (Å²) in [4.78, 5) is 16.3. The summed E-state index contributed by atoms with van der Waals surface area (Å²) in [6.07, 6.45) is 4.80. The lowest BCUT2D eigenvalue weighted by Gasteiger charge is -2.45. The molecule has 1 aromatic rings. The number of nitrogens with one attached hydrogen (secondary N) is 1. The molecule has 108 valence electrons. The van der Waals surface area contributed by atoms with Gasteiger partial charge >= 0.3 is 6.03 Å². The van der Waals surface area contributed by atoms with Gasteiger partial charge in [-0.25, -0.2) is 4.79 Å². The third-order valence-electron chi connectivity index (χ3n) is 4.54. The number of anilines is 1. The van der Waals surface area contributed by atoms with Crippen molar-refractivity contribution in [1.82, 2.24) is 10.2 Å². The molecule has 4 heteroatoms. The van der Waals surface area contributed by atoms with Crippen molar-refractivity contribution in [1.29, 1.82) is 0 Å². The van der Waals surface area contributed by atoms with E-state index in [0.717, 1.165) is 25.9 Å². The molecule has 0 radical (unpaired) electrons. The van der Waals surface area contributed by atoms with Gasteiger partial charge in [-0.05, 0) is 25.0 Å². The van der Waals surface area contributed by atoms with Gasteiger partial charge in [-0.2, -0.15) is 0 Å². The van der Waals surface area contributed by atoms with Gasteiger partial charge < -0.3 is 15.1 Å². The molecule has 0 spiro atoms. The van der Waals surface area contributed by atoms with Crippen molar-refractivity contribution in [3.63, 3.8) is 0 Å². The third kappa shape index (κ3) is 2.74. The Morgan fingerprint density at radius 3 is 2.50 bits per heavy atom. The monoisotopic (exact) mass is 273 g/mol. The number of hydrogen-bond acceptors (Lipinski definition) is 2. The summed E-state index contributed by atoms with van der Waals surface area (Å²) in [5.74, 6) is 0. The second-order valence-electron chi connectivity index (χ2n) is 5.94. The second kappa shape index (κ2) is 5.73. The SMILES string of the molecule is CN(c1ccccc1)C1CN(C(=O)NC2CCCC2)C1. The van der Waals surface area contributed by atoms with Crippen molar-refractivity contribution < 1.29 is 4.79 Å². The van der Waals surface area contributed by atoms with Gasteiger partial charge in [-0.3, -0.25) is 0 Å². The van der Waals surface area contributed by atoms with Crippen LogP contribution in [0.4, 0.5) is 10.5 Å². The average molecular weight is 273 g/mol. The van der Waals surface area contributed by atoms with Gasteiger partial charge in [-0.1, -0.05) is 31.0 Å². The highest BCUT2D eigenvalue weighted by Gasteiger charge is 2.34. The van der Waals surface area contributed by atoms with Crippen LogP contribution in [0, 0.1) is 0 Å². The van der Waals surface area contributed by atoms with Gasteiger partial charge in [0.1, 0.15) is 0 Å². The van der Waals surface area contributed by atoms with Crippen molar-refractivity contribution in [2.75, 3.05) is 25.0 Å². The van der Waals surface area contributed by atoms with Crippen LogP contribution in [0.25, 0.3) is 0 Å². The van der Waals surface area contributed by atoms with Crippen LogP contribution in [0.3, 0.4) is 0 Å². The number of urea groups is 1. The Bertz CT molecular complexity index is 450. The zero-order valence-corrected chi connectivity index (χ0v) is 12.1. The lowest BCUT2D eigenvalue weighted by atomic mass is 10.1. The molecule has 1 aromatic carbocycles. The molecule has 0 atom stereocenters. The van der Waals surface area contributed by atoms with Crippen LogP contribution in [-0.2, 0) is 0 Å². The zero-order valence-electron chi connectivity index (χ0n) is 12.1. The molecule has 0 unspecified atom stereocenters. The standard InChI is InChI=1S/C16H23N3O/c1-18(14-9-3-2-4-10-14)15-11-19(12-15)16(20)17-13-7-5-6-8-13/h2-4,9-10,13,15H,5-8,11-12H2,1H3,(H,17,20). The second-order valence-corrected chi connectivity index (χ2v) is 5.94. The number of carbonyl (C=O) groups excluding carboxylic acids is 1. The van der Waals surface area contributed by atoms with Crippen molar-refractivity contribution >= 4 is 11.7 Å². The van der Waals surface area contributed by atoms with E-state index in [1.807, 2.05) is 11.0 Å². The molecule has 2 fully saturated rings. The lowest BCUT2D eigenvalue weighted by Crippen LogP contribution is -2.63. The minimum absolute atomic E-state index is 0.120. The number of para-hydroxylation sites is 1. The Morgan fingerprint density at radius 2 is 1.85 bits per heavy atom. The Labute approximate surface area is 120 Å². The molecule has 20 heavy (non-hydrogen) atoms. The van der Waals surface area contributed by atoms with Crippen LogP contribution in [0.5, 0.6) is 0 Å².